The molecule has 0 fully saturated rings. The minimum Gasteiger partial charge on any atom is -0.344 e. The molecule has 2 heterocycles. The molecule has 2 aromatic rings. The molecule has 6 nitrogen and oxygen atoms in total. The summed E-state index contributed by atoms with van der Waals surface area (Å²) in [6.07, 6.45) is 3.47. The minimum absolute atomic E-state index is 0.0863. The van der Waals surface area contributed by atoms with E-state index in [1.807, 2.05) is 20.8 Å². The normalized spacial score (nSPS) is 12.4. The predicted octanol–water partition coefficient (Wildman–Crippen LogP) is 1.43. The van der Waals surface area contributed by atoms with Gasteiger partial charge in [-0.25, -0.2) is 0 Å². The second kappa shape index (κ2) is 5.03. The molecule has 0 saturated carbocycles. The zero-order valence-corrected chi connectivity index (χ0v) is 10.8. The van der Waals surface area contributed by atoms with E-state index in [0.717, 1.165) is 11.3 Å². The van der Waals surface area contributed by atoms with E-state index in [1.165, 1.54) is 0 Å². The summed E-state index contributed by atoms with van der Waals surface area (Å²) >= 11 is 0. The van der Waals surface area contributed by atoms with Gasteiger partial charge in [-0.15, -0.1) is 0 Å². The first-order valence-corrected chi connectivity index (χ1v) is 5.95. The van der Waals surface area contributed by atoms with Crippen molar-refractivity contribution < 1.29 is 4.79 Å². The van der Waals surface area contributed by atoms with E-state index in [2.05, 4.69) is 20.6 Å². The quantitative estimate of drug-likeness (QED) is 0.858. The molecule has 1 unspecified atom stereocenters. The Morgan fingerprint density at radius 2 is 2.39 bits per heavy atom. The number of aromatic amines is 1. The van der Waals surface area contributed by atoms with Crippen molar-refractivity contribution in [2.45, 2.75) is 33.4 Å². The Bertz CT molecular complexity index is 529. The van der Waals surface area contributed by atoms with Crippen LogP contribution in [0.2, 0.25) is 0 Å². The summed E-state index contributed by atoms with van der Waals surface area (Å²) in [7, 11) is 0. The van der Waals surface area contributed by atoms with Crippen molar-refractivity contribution in [1.29, 1.82) is 0 Å². The number of H-pyrrole nitrogens is 1. The number of nitrogens with zero attached hydrogens (tertiary/aromatic N) is 3. The molecule has 0 spiro atoms. The van der Waals surface area contributed by atoms with Crippen LogP contribution in [-0.4, -0.2) is 25.9 Å². The number of rotatable bonds is 4. The second-order valence-electron chi connectivity index (χ2n) is 4.21. The second-order valence-corrected chi connectivity index (χ2v) is 4.21. The highest BCUT2D eigenvalue weighted by atomic mass is 16.2. The Hall–Kier alpha value is -2.11. The monoisotopic (exact) mass is 247 g/mol. The first-order valence-electron chi connectivity index (χ1n) is 5.95. The van der Waals surface area contributed by atoms with Crippen LogP contribution in [-0.2, 0) is 6.54 Å². The summed E-state index contributed by atoms with van der Waals surface area (Å²) in [4.78, 5) is 12.1. The summed E-state index contributed by atoms with van der Waals surface area (Å²) in [6.45, 7) is 6.43. The number of aryl methyl sites for hydroxylation is 2. The Kier molecular flexibility index (Phi) is 3.45. The van der Waals surface area contributed by atoms with Gasteiger partial charge in [0.05, 0.1) is 17.9 Å². The van der Waals surface area contributed by atoms with Crippen molar-refractivity contribution >= 4 is 5.91 Å². The van der Waals surface area contributed by atoms with Crippen LogP contribution in [0.25, 0.3) is 0 Å². The van der Waals surface area contributed by atoms with Crippen molar-refractivity contribution in [3.8, 4) is 0 Å². The van der Waals surface area contributed by atoms with Gasteiger partial charge in [0.15, 0.2) is 0 Å². The number of nitrogens with one attached hydrogen (secondary N) is 2. The molecule has 0 radical (unpaired) electrons. The van der Waals surface area contributed by atoms with Crippen molar-refractivity contribution in [3.63, 3.8) is 0 Å². The van der Waals surface area contributed by atoms with Gasteiger partial charge in [-0.2, -0.15) is 10.2 Å². The highest BCUT2D eigenvalue weighted by Gasteiger charge is 2.16. The SMILES string of the molecule is CCn1nc(C)cc1C(=O)NC(C)c1cn[nH]c1. The maximum atomic E-state index is 12.1. The fourth-order valence-electron chi connectivity index (χ4n) is 1.82. The number of amides is 1. The smallest absolute Gasteiger partial charge is 0.270 e. The van der Waals surface area contributed by atoms with Crippen LogP contribution in [0.5, 0.6) is 0 Å². The Morgan fingerprint density at radius 1 is 1.61 bits per heavy atom. The Labute approximate surface area is 105 Å². The average molecular weight is 247 g/mol. The van der Waals surface area contributed by atoms with E-state index in [-0.39, 0.29) is 11.9 Å². The number of hydrogen-bond donors (Lipinski definition) is 2. The molecule has 6 heteroatoms. The van der Waals surface area contributed by atoms with E-state index in [4.69, 9.17) is 0 Å². The van der Waals surface area contributed by atoms with Gasteiger partial charge in [-0.3, -0.25) is 14.6 Å². The molecule has 0 aromatic carbocycles. The van der Waals surface area contributed by atoms with Gasteiger partial charge >= 0.3 is 0 Å². The van der Waals surface area contributed by atoms with Gasteiger partial charge in [-0.05, 0) is 26.8 Å². The number of aromatic nitrogens is 4. The highest BCUT2D eigenvalue weighted by Crippen LogP contribution is 2.11. The fourth-order valence-corrected chi connectivity index (χ4v) is 1.82. The summed E-state index contributed by atoms with van der Waals surface area (Å²) in [5.41, 5.74) is 2.38. The van der Waals surface area contributed by atoms with E-state index in [1.54, 1.807) is 23.1 Å². The summed E-state index contributed by atoms with van der Waals surface area (Å²) in [5, 5.41) is 13.8. The zero-order valence-electron chi connectivity index (χ0n) is 10.8. The molecule has 2 N–H and O–H groups in total. The fraction of sp³-hybridized carbons (Fsp3) is 0.417. The molecule has 2 rings (SSSR count). The molecular formula is C12H17N5O. The van der Waals surface area contributed by atoms with Gasteiger partial charge in [-0.1, -0.05) is 0 Å². The standard InChI is InChI=1S/C12H17N5O/c1-4-17-11(5-8(2)16-17)12(18)15-9(3)10-6-13-14-7-10/h5-7,9H,4H2,1-3H3,(H,13,14)(H,15,18). The number of carbonyl (C=O) groups excluding carboxylic acids is 1. The van der Waals surface area contributed by atoms with Crippen molar-refractivity contribution in [1.82, 2.24) is 25.3 Å². The summed E-state index contributed by atoms with van der Waals surface area (Å²) in [6, 6.07) is 1.71. The van der Waals surface area contributed by atoms with Crippen LogP contribution in [0.15, 0.2) is 18.5 Å². The van der Waals surface area contributed by atoms with Crippen LogP contribution in [0.4, 0.5) is 0 Å². The number of carbonyl (C=O) groups is 1. The zero-order chi connectivity index (χ0) is 13.1. The van der Waals surface area contributed by atoms with Crippen molar-refractivity contribution in [3.05, 3.63) is 35.4 Å². The lowest BCUT2D eigenvalue weighted by atomic mass is 10.2. The highest BCUT2D eigenvalue weighted by molar-refractivity contribution is 5.92. The molecule has 0 bridgehead atoms. The van der Waals surface area contributed by atoms with Crippen molar-refractivity contribution in [2.75, 3.05) is 0 Å². The van der Waals surface area contributed by atoms with E-state index >= 15 is 0 Å². The first kappa shape index (κ1) is 12.3. The molecule has 0 saturated heterocycles. The van der Waals surface area contributed by atoms with E-state index in [9.17, 15) is 4.79 Å². The van der Waals surface area contributed by atoms with Gasteiger partial charge in [0, 0.05) is 18.3 Å². The lowest BCUT2D eigenvalue weighted by Gasteiger charge is -2.12. The molecule has 0 aliphatic rings. The Balaban J connectivity index is 2.12. The van der Waals surface area contributed by atoms with Crippen LogP contribution < -0.4 is 5.32 Å². The van der Waals surface area contributed by atoms with Crippen LogP contribution in [0.1, 0.15) is 41.6 Å². The summed E-state index contributed by atoms with van der Waals surface area (Å²) < 4.78 is 1.70. The third-order valence-corrected chi connectivity index (χ3v) is 2.80. The van der Waals surface area contributed by atoms with Gasteiger partial charge < -0.3 is 5.32 Å². The molecular weight excluding hydrogens is 230 g/mol. The molecule has 18 heavy (non-hydrogen) atoms. The topological polar surface area (TPSA) is 75.6 Å². The lowest BCUT2D eigenvalue weighted by molar-refractivity contribution is 0.0929. The van der Waals surface area contributed by atoms with Crippen LogP contribution in [0.3, 0.4) is 0 Å². The molecule has 0 aliphatic carbocycles. The maximum absolute atomic E-state index is 12.1. The predicted molar refractivity (Wildman–Crippen MR) is 67.1 cm³/mol. The van der Waals surface area contributed by atoms with Gasteiger partial charge in [0.1, 0.15) is 5.69 Å². The lowest BCUT2D eigenvalue weighted by Crippen LogP contribution is -2.28. The summed E-state index contributed by atoms with van der Waals surface area (Å²) in [5.74, 6) is -0.119. The average Bonchev–Trinajstić information content (AvgIpc) is 2.96. The molecule has 96 valence electrons. The van der Waals surface area contributed by atoms with E-state index < -0.39 is 0 Å². The van der Waals surface area contributed by atoms with E-state index in [0.29, 0.717) is 12.2 Å². The maximum Gasteiger partial charge on any atom is 0.270 e. The van der Waals surface area contributed by atoms with Gasteiger partial charge in [0.2, 0.25) is 0 Å². The molecule has 1 atom stereocenters. The van der Waals surface area contributed by atoms with Crippen LogP contribution >= 0.6 is 0 Å². The molecule has 2 aromatic heterocycles. The number of hydrogen-bond acceptors (Lipinski definition) is 3. The Morgan fingerprint density at radius 3 is 3.00 bits per heavy atom. The molecule has 0 aliphatic heterocycles. The minimum atomic E-state index is -0.119. The third-order valence-electron chi connectivity index (χ3n) is 2.80. The third kappa shape index (κ3) is 2.42. The largest absolute Gasteiger partial charge is 0.344 e. The van der Waals surface area contributed by atoms with Crippen LogP contribution in [0, 0.1) is 6.92 Å². The van der Waals surface area contributed by atoms with Crippen molar-refractivity contribution in [2.24, 2.45) is 0 Å². The first-order chi connectivity index (χ1) is 8.61. The van der Waals surface area contributed by atoms with Gasteiger partial charge in [0.25, 0.3) is 5.91 Å². The molecule has 1 amide bonds.